The average Bonchev–Trinajstić information content (AvgIpc) is 2.01. The summed E-state index contributed by atoms with van der Waals surface area (Å²) in [5.74, 6) is -7.66. The molecule has 0 aromatic heterocycles. The third-order valence-corrected chi connectivity index (χ3v) is 1.49. The first-order valence-corrected chi connectivity index (χ1v) is 3.96. The second kappa shape index (κ2) is 4.73. The Morgan fingerprint density at radius 3 is 2.00 bits per heavy atom. The Morgan fingerprint density at radius 2 is 1.67 bits per heavy atom. The lowest BCUT2D eigenvalue weighted by Crippen LogP contribution is -2.51. The molecule has 0 bridgehead atoms. The van der Waals surface area contributed by atoms with E-state index in [0.29, 0.717) is 0 Å². The normalized spacial score (nSPS) is 13.1. The highest BCUT2D eigenvalue weighted by atomic mass is 19.4. The summed E-state index contributed by atoms with van der Waals surface area (Å²) in [6.07, 6.45) is -5.85. The third kappa shape index (κ3) is 3.98. The van der Waals surface area contributed by atoms with Crippen LogP contribution in [0.5, 0.6) is 0 Å². The van der Waals surface area contributed by atoms with Gasteiger partial charge in [-0.1, -0.05) is 0 Å². The van der Waals surface area contributed by atoms with Crippen LogP contribution in [0.25, 0.3) is 0 Å². The Morgan fingerprint density at radius 1 is 1.20 bits per heavy atom. The molecule has 0 saturated heterocycles. The standard InChI is InChI=1S/C7H11F5N2O/c1-14(2)4-3-13-5(15)6(8,9)7(10,11)12/h3-4H2,1-2H3,(H,13,15). The van der Waals surface area contributed by atoms with Gasteiger partial charge in [0.05, 0.1) is 0 Å². The highest BCUT2D eigenvalue weighted by Gasteiger charge is 2.63. The van der Waals surface area contributed by atoms with E-state index >= 15 is 0 Å². The van der Waals surface area contributed by atoms with Gasteiger partial charge in [-0.3, -0.25) is 4.79 Å². The van der Waals surface area contributed by atoms with Gasteiger partial charge < -0.3 is 10.2 Å². The number of alkyl halides is 5. The summed E-state index contributed by atoms with van der Waals surface area (Å²) in [6, 6.07) is 0. The second-order valence-electron chi connectivity index (χ2n) is 3.13. The monoisotopic (exact) mass is 234 g/mol. The molecule has 0 unspecified atom stereocenters. The fourth-order valence-electron chi connectivity index (χ4n) is 0.633. The average molecular weight is 234 g/mol. The molecule has 15 heavy (non-hydrogen) atoms. The zero-order chi connectivity index (χ0) is 12.3. The lowest BCUT2D eigenvalue weighted by atomic mass is 10.3. The number of halogens is 5. The predicted octanol–water partition coefficient (Wildman–Crippen LogP) is 0.862. The highest BCUT2D eigenvalue weighted by molar-refractivity contribution is 5.84. The topological polar surface area (TPSA) is 32.3 Å². The van der Waals surface area contributed by atoms with Crippen LogP contribution in [0.2, 0.25) is 0 Å². The second-order valence-corrected chi connectivity index (χ2v) is 3.13. The Bertz CT molecular complexity index is 226. The first-order chi connectivity index (χ1) is 6.59. The molecule has 1 N–H and O–H groups in total. The summed E-state index contributed by atoms with van der Waals surface area (Å²) in [7, 11) is 3.18. The summed E-state index contributed by atoms with van der Waals surface area (Å²) >= 11 is 0. The molecule has 0 rings (SSSR count). The van der Waals surface area contributed by atoms with Crippen molar-refractivity contribution in [3.05, 3.63) is 0 Å². The SMILES string of the molecule is CN(C)CCNC(=O)C(F)(F)C(F)(F)F. The summed E-state index contributed by atoms with van der Waals surface area (Å²) in [5, 5.41) is 1.51. The van der Waals surface area contributed by atoms with E-state index in [1.54, 1.807) is 14.1 Å². The Kier molecular flexibility index (Phi) is 4.44. The number of likely N-dealkylation sites (N-methyl/N-ethyl adjacent to an activating group) is 1. The van der Waals surface area contributed by atoms with Crippen molar-refractivity contribution in [1.29, 1.82) is 0 Å². The van der Waals surface area contributed by atoms with Gasteiger partial charge in [0.15, 0.2) is 0 Å². The largest absolute Gasteiger partial charge is 0.463 e. The zero-order valence-corrected chi connectivity index (χ0v) is 8.16. The van der Waals surface area contributed by atoms with Crippen molar-refractivity contribution in [1.82, 2.24) is 10.2 Å². The smallest absolute Gasteiger partial charge is 0.349 e. The van der Waals surface area contributed by atoms with Gasteiger partial charge in [-0.2, -0.15) is 22.0 Å². The van der Waals surface area contributed by atoms with Crippen LogP contribution in [-0.4, -0.2) is 50.1 Å². The molecule has 0 heterocycles. The van der Waals surface area contributed by atoms with Gasteiger partial charge in [-0.25, -0.2) is 0 Å². The van der Waals surface area contributed by atoms with E-state index in [9.17, 15) is 26.7 Å². The van der Waals surface area contributed by atoms with Gasteiger partial charge in [0.25, 0.3) is 5.91 Å². The number of rotatable bonds is 4. The van der Waals surface area contributed by atoms with E-state index in [4.69, 9.17) is 0 Å². The van der Waals surface area contributed by atoms with Crippen molar-refractivity contribution < 1.29 is 26.7 Å². The number of nitrogens with one attached hydrogen (secondary N) is 1. The van der Waals surface area contributed by atoms with Gasteiger partial charge in [0.1, 0.15) is 0 Å². The lowest BCUT2D eigenvalue weighted by molar-refractivity contribution is -0.269. The molecule has 0 atom stereocenters. The molecule has 1 amide bonds. The molecular weight excluding hydrogens is 223 g/mol. The van der Waals surface area contributed by atoms with Crippen molar-refractivity contribution in [2.45, 2.75) is 12.1 Å². The molecule has 0 radical (unpaired) electrons. The van der Waals surface area contributed by atoms with Crippen molar-refractivity contribution in [2.24, 2.45) is 0 Å². The van der Waals surface area contributed by atoms with Crippen LogP contribution in [-0.2, 0) is 4.79 Å². The fourth-order valence-corrected chi connectivity index (χ4v) is 0.633. The quantitative estimate of drug-likeness (QED) is 0.732. The van der Waals surface area contributed by atoms with Crippen molar-refractivity contribution in [2.75, 3.05) is 27.2 Å². The summed E-state index contributed by atoms with van der Waals surface area (Å²) in [4.78, 5) is 12.0. The van der Waals surface area contributed by atoms with Gasteiger partial charge in [-0.05, 0) is 14.1 Å². The molecule has 0 fully saturated rings. The maximum atomic E-state index is 12.3. The number of carbonyl (C=O) groups excluding carboxylic acids is 1. The van der Waals surface area contributed by atoms with Crippen LogP contribution in [0.4, 0.5) is 22.0 Å². The third-order valence-electron chi connectivity index (χ3n) is 1.49. The number of amides is 1. The Labute approximate surface area is 83.2 Å². The number of nitrogens with zero attached hydrogens (tertiary/aromatic N) is 1. The van der Waals surface area contributed by atoms with E-state index in [2.05, 4.69) is 0 Å². The molecule has 0 aliphatic rings. The summed E-state index contributed by atoms with van der Waals surface area (Å²) in [6.45, 7) is -0.0861. The molecule has 0 aromatic carbocycles. The van der Waals surface area contributed by atoms with Gasteiger partial charge in [0.2, 0.25) is 0 Å². The van der Waals surface area contributed by atoms with Crippen LogP contribution in [0, 0.1) is 0 Å². The minimum atomic E-state index is -5.85. The minimum Gasteiger partial charge on any atom is -0.349 e. The molecule has 0 saturated carbocycles. The summed E-state index contributed by atoms with van der Waals surface area (Å²) in [5.41, 5.74) is 0. The maximum absolute atomic E-state index is 12.3. The maximum Gasteiger partial charge on any atom is 0.463 e. The Balaban J connectivity index is 4.21. The highest BCUT2D eigenvalue weighted by Crippen LogP contribution is 2.35. The molecule has 90 valence electrons. The number of hydrogen-bond donors (Lipinski definition) is 1. The van der Waals surface area contributed by atoms with Crippen molar-refractivity contribution >= 4 is 5.91 Å². The molecule has 0 aliphatic carbocycles. The van der Waals surface area contributed by atoms with Crippen molar-refractivity contribution in [3.8, 4) is 0 Å². The predicted molar refractivity (Wildman–Crippen MR) is 42.6 cm³/mol. The molecule has 0 aliphatic heterocycles. The van der Waals surface area contributed by atoms with Gasteiger partial charge in [0, 0.05) is 13.1 Å². The van der Waals surface area contributed by atoms with E-state index in [0.717, 1.165) is 0 Å². The molecule has 0 aromatic rings. The lowest BCUT2D eigenvalue weighted by Gasteiger charge is -2.19. The van der Waals surface area contributed by atoms with Crippen LogP contribution < -0.4 is 5.32 Å². The molecular formula is C7H11F5N2O. The van der Waals surface area contributed by atoms with Crippen molar-refractivity contribution in [3.63, 3.8) is 0 Å². The molecule has 3 nitrogen and oxygen atoms in total. The van der Waals surface area contributed by atoms with Gasteiger partial charge in [-0.15, -0.1) is 0 Å². The number of carbonyl (C=O) groups is 1. The number of hydrogen-bond acceptors (Lipinski definition) is 2. The fraction of sp³-hybridized carbons (Fsp3) is 0.857. The molecule has 8 heteroatoms. The van der Waals surface area contributed by atoms with Gasteiger partial charge >= 0.3 is 12.1 Å². The Hall–Kier alpha value is -0.920. The zero-order valence-electron chi connectivity index (χ0n) is 8.16. The van der Waals surface area contributed by atoms with Crippen LogP contribution in [0.1, 0.15) is 0 Å². The van der Waals surface area contributed by atoms with Crippen LogP contribution >= 0.6 is 0 Å². The minimum absolute atomic E-state index is 0.180. The van der Waals surface area contributed by atoms with E-state index in [1.165, 1.54) is 10.2 Å². The van der Waals surface area contributed by atoms with Crippen LogP contribution in [0.3, 0.4) is 0 Å². The van der Waals surface area contributed by atoms with E-state index < -0.39 is 18.0 Å². The first-order valence-electron chi connectivity index (χ1n) is 3.96. The molecule has 0 spiro atoms. The first kappa shape index (κ1) is 14.1. The van der Waals surface area contributed by atoms with E-state index in [-0.39, 0.29) is 13.1 Å². The summed E-state index contributed by atoms with van der Waals surface area (Å²) < 4.78 is 59.5. The van der Waals surface area contributed by atoms with E-state index in [1.807, 2.05) is 0 Å². The van der Waals surface area contributed by atoms with Crippen LogP contribution in [0.15, 0.2) is 0 Å².